The van der Waals surface area contributed by atoms with Gasteiger partial charge >= 0.3 is 0 Å². The van der Waals surface area contributed by atoms with Crippen LogP contribution in [0.4, 0.5) is 13.2 Å². The summed E-state index contributed by atoms with van der Waals surface area (Å²) < 4.78 is 54.8. The monoisotopic (exact) mass is 438 g/mol. The fourth-order valence-electron chi connectivity index (χ4n) is 3.91. The van der Waals surface area contributed by atoms with E-state index in [-0.39, 0.29) is 11.5 Å². The van der Waals surface area contributed by atoms with Crippen LogP contribution in [0.3, 0.4) is 0 Å². The lowest BCUT2D eigenvalue weighted by Gasteiger charge is -2.28. The Kier molecular flexibility index (Phi) is 6.77. The number of rotatable bonds is 5. The summed E-state index contributed by atoms with van der Waals surface area (Å²) in [5.41, 5.74) is 2.91. The zero-order chi connectivity index (χ0) is 22.7. The van der Waals surface area contributed by atoms with Gasteiger partial charge < -0.3 is 9.47 Å². The van der Waals surface area contributed by atoms with Gasteiger partial charge in [-0.25, -0.2) is 13.2 Å². The van der Waals surface area contributed by atoms with E-state index in [9.17, 15) is 13.2 Å². The summed E-state index contributed by atoms with van der Waals surface area (Å²) in [6.45, 7) is 4.68. The zero-order valence-electron chi connectivity index (χ0n) is 18.1. The van der Waals surface area contributed by atoms with E-state index in [1.807, 2.05) is 19.1 Å². The van der Waals surface area contributed by atoms with Crippen molar-refractivity contribution >= 4 is 0 Å². The Balaban J connectivity index is 1.53. The van der Waals surface area contributed by atoms with Crippen LogP contribution in [0, 0.1) is 23.4 Å². The molecule has 3 aromatic rings. The van der Waals surface area contributed by atoms with Gasteiger partial charge in [0.25, 0.3) is 0 Å². The third-order valence-electron chi connectivity index (χ3n) is 5.71. The highest BCUT2D eigenvalue weighted by Gasteiger charge is 2.24. The van der Waals surface area contributed by atoms with Crippen LogP contribution in [-0.2, 0) is 15.9 Å². The molecule has 0 aliphatic carbocycles. The van der Waals surface area contributed by atoms with Gasteiger partial charge in [-0.05, 0) is 41.7 Å². The Bertz CT molecular complexity index is 1110. The predicted octanol–water partition coefficient (Wildman–Crippen LogP) is 7.24. The number of halogens is 3. The maximum Gasteiger partial charge on any atom is 0.186 e. The molecule has 2 nitrogen and oxygen atoms in total. The van der Waals surface area contributed by atoms with Gasteiger partial charge in [0.1, 0.15) is 5.82 Å². The van der Waals surface area contributed by atoms with Crippen LogP contribution in [0.15, 0.2) is 66.7 Å². The first-order valence-electron chi connectivity index (χ1n) is 10.7. The summed E-state index contributed by atoms with van der Waals surface area (Å²) >= 11 is 0. The van der Waals surface area contributed by atoms with Crippen molar-refractivity contribution in [2.75, 3.05) is 13.2 Å². The second kappa shape index (κ2) is 9.72. The number of allylic oxidation sites excluding steroid dienone is 1. The molecule has 32 heavy (non-hydrogen) atoms. The van der Waals surface area contributed by atoms with Gasteiger partial charge in [-0.3, -0.25) is 0 Å². The largest absolute Gasteiger partial charge is 0.348 e. The van der Waals surface area contributed by atoms with Gasteiger partial charge in [-0.2, -0.15) is 0 Å². The maximum atomic E-state index is 14.8. The molecular formula is C27H25F3O2. The number of aryl methyl sites for hydroxylation is 1. The van der Waals surface area contributed by atoms with E-state index < -0.39 is 23.7 Å². The van der Waals surface area contributed by atoms with Crippen molar-refractivity contribution in [3.63, 3.8) is 0 Å². The molecule has 1 aliphatic heterocycles. The lowest BCUT2D eigenvalue weighted by molar-refractivity contribution is -0.198. The second-order valence-electron chi connectivity index (χ2n) is 7.85. The molecule has 166 valence electrons. The average Bonchev–Trinajstić information content (AvgIpc) is 2.82. The van der Waals surface area contributed by atoms with E-state index in [1.54, 1.807) is 55.5 Å². The normalized spacial score (nSPS) is 18.9. The van der Waals surface area contributed by atoms with Gasteiger partial charge in [-0.15, -0.1) is 0 Å². The van der Waals surface area contributed by atoms with Crippen LogP contribution >= 0.6 is 0 Å². The lowest BCUT2D eigenvalue weighted by Crippen LogP contribution is -2.26. The molecule has 4 rings (SSSR count). The Morgan fingerprint density at radius 2 is 1.50 bits per heavy atom. The van der Waals surface area contributed by atoms with Crippen LogP contribution < -0.4 is 0 Å². The van der Waals surface area contributed by atoms with Gasteiger partial charge in [-0.1, -0.05) is 67.6 Å². The minimum Gasteiger partial charge on any atom is -0.348 e. The maximum absolute atomic E-state index is 14.8. The standard InChI is InChI=1S/C27H25F3O2/c1-3-5-17-15-31-27(32-16-17)23-13-11-21(14-24(23)28)19-6-8-20(9-7-19)22-12-10-18(4-2)25(29)26(22)30/h3,5-14,17,27H,4,15-16H2,1-2H3/b5-3+. The molecule has 0 bridgehead atoms. The molecule has 0 aromatic heterocycles. The van der Waals surface area contributed by atoms with E-state index in [1.165, 1.54) is 6.07 Å². The molecule has 0 N–H and O–H groups in total. The van der Waals surface area contributed by atoms with Crippen LogP contribution in [0.5, 0.6) is 0 Å². The summed E-state index contributed by atoms with van der Waals surface area (Å²) in [5.74, 6) is -1.90. The fourth-order valence-corrected chi connectivity index (χ4v) is 3.91. The molecule has 1 fully saturated rings. The summed E-state index contributed by atoms with van der Waals surface area (Å²) in [6.07, 6.45) is 3.66. The van der Waals surface area contributed by atoms with Crippen molar-refractivity contribution in [3.8, 4) is 22.3 Å². The van der Waals surface area contributed by atoms with Gasteiger partial charge in [0.2, 0.25) is 0 Å². The SMILES string of the molecule is C/C=C/C1COC(c2ccc(-c3ccc(-c4ccc(CC)c(F)c4F)cc3)cc2F)OC1. The number of benzene rings is 3. The van der Waals surface area contributed by atoms with Crippen molar-refractivity contribution in [3.05, 3.63) is 95.3 Å². The Morgan fingerprint density at radius 1 is 0.844 bits per heavy atom. The van der Waals surface area contributed by atoms with Crippen LogP contribution in [-0.4, -0.2) is 13.2 Å². The van der Waals surface area contributed by atoms with Gasteiger partial charge in [0.05, 0.1) is 13.2 Å². The summed E-state index contributed by atoms with van der Waals surface area (Å²) in [4.78, 5) is 0. The molecule has 1 heterocycles. The third-order valence-corrected chi connectivity index (χ3v) is 5.71. The highest BCUT2D eigenvalue weighted by Crippen LogP contribution is 2.32. The summed E-state index contributed by atoms with van der Waals surface area (Å²) in [6, 6.07) is 15.0. The van der Waals surface area contributed by atoms with Crippen molar-refractivity contribution in [2.45, 2.75) is 26.6 Å². The number of hydrogen-bond donors (Lipinski definition) is 0. The smallest absolute Gasteiger partial charge is 0.186 e. The topological polar surface area (TPSA) is 18.5 Å². The molecule has 0 saturated carbocycles. The number of ether oxygens (including phenoxy) is 2. The molecule has 0 spiro atoms. The van der Waals surface area contributed by atoms with E-state index in [2.05, 4.69) is 0 Å². The predicted molar refractivity (Wildman–Crippen MR) is 120 cm³/mol. The van der Waals surface area contributed by atoms with Crippen molar-refractivity contribution in [1.29, 1.82) is 0 Å². The van der Waals surface area contributed by atoms with E-state index >= 15 is 0 Å². The molecule has 0 amide bonds. The molecule has 1 saturated heterocycles. The van der Waals surface area contributed by atoms with Gasteiger partial charge in [0, 0.05) is 17.0 Å². The minimum atomic E-state index is -0.850. The molecule has 1 aliphatic rings. The van der Waals surface area contributed by atoms with E-state index in [0.29, 0.717) is 41.9 Å². The average molecular weight is 438 g/mol. The Hall–Kier alpha value is -2.89. The lowest BCUT2D eigenvalue weighted by atomic mass is 9.97. The zero-order valence-corrected chi connectivity index (χ0v) is 18.1. The highest BCUT2D eigenvalue weighted by atomic mass is 19.2. The van der Waals surface area contributed by atoms with Crippen LogP contribution in [0.1, 0.15) is 31.3 Å². The summed E-state index contributed by atoms with van der Waals surface area (Å²) in [5, 5.41) is 0. The number of hydrogen-bond acceptors (Lipinski definition) is 2. The van der Waals surface area contributed by atoms with Gasteiger partial charge in [0.15, 0.2) is 17.9 Å². The first-order valence-corrected chi connectivity index (χ1v) is 10.7. The van der Waals surface area contributed by atoms with Crippen LogP contribution in [0.2, 0.25) is 0 Å². The summed E-state index contributed by atoms with van der Waals surface area (Å²) in [7, 11) is 0. The second-order valence-corrected chi connectivity index (χ2v) is 7.85. The Morgan fingerprint density at radius 3 is 2.12 bits per heavy atom. The van der Waals surface area contributed by atoms with Crippen molar-refractivity contribution in [2.24, 2.45) is 5.92 Å². The Labute approximate surface area is 186 Å². The molecular weight excluding hydrogens is 413 g/mol. The first kappa shape index (κ1) is 22.3. The third kappa shape index (κ3) is 4.50. The molecule has 3 aromatic carbocycles. The quantitative estimate of drug-likeness (QED) is 0.391. The van der Waals surface area contributed by atoms with Crippen molar-refractivity contribution < 1.29 is 22.6 Å². The van der Waals surface area contributed by atoms with Crippen LogP contribution in [0.25, 0.3) is 22.3 Å². The highest BCUT2D eigenvalue weighted by molar-refractivity contribution is 5.71. The molecule has 0 unspecified atom stereocenters. The fraction of sp³-hybridized carbons (Fsp3) is 0.259. The molecule has 0 atom stereocenters. The van der Waals surface area contributed by atoms with E-state index in [0.717, 1.165) is 5.56 Å². The molecule has 5 heteroatoms. The van der Waals surface area contributed by atoms with E-state index in [4.69, 9.17) is 9.47 Å². The first-order chi connectivity index (χ1) is 15.5. The molecule has 0 radical (unpaired) electrons. The van der Waals surface area contributed by atoms with Crippen molar-refractivity contribution in [1.82, 2.24) is 0 Å². The minimum absolute atomic E-state index is 0.175.